The summed E-state index contributed by atoms with van der Waals surface area (Å²) in [5.41, 5.74) is 21.7. The van der Waals surface area contributed by atoms with Gasteiger partial charge >= 0.3 is 0 Å². The van der Waals surface area contributed by atoms with E-state index in [-0.39, 0.29) is 16.8 Å². The Balaban J connectivity index is 3.28. The van der Waals surface area contributed by atoms with Crippen molar-refractivity contribution in [2.45, 2.75) is 0 Å². The van der Waals surface area contributed by atoms with Crippen LogP contribution in [0.2, 0.25) is 0 Å². The van der Waals surface area contributed by atoms with Crippen molar-refractivity contribution in [2.24, 2.45) is 10.2 Å². The van der Waals surface area contributed by atoms with Crippen LogP contribution in [-0.2, 0) is 0 Å². The monoisotopic (exact) mass is 231 g/mol. The average molecular weight is 231 g/mol. The van der Waals surface area contributed by atoms with Crippen molar-refractivity contribution in [3.05, 3.63) is 50.2 Å². The van der Waals surface area contributed by atoms with E-state index in [9.17, 15) is 9.59 Å². The molecule has 0 radical (unpaired) electrons. The first-order valence-corrected chi connectivity index (χ1v) is 4.18. The molecule has 2 amide bonds. The second kappa shape index (κ2) is 5.17. The van der Waals surface area contributed by atoms with Crippen LogP contribution in [0.3, 0.4) is 0 Å². The molecule has 0 aliphatic carbocycles. The molecule has 0 aromatic heterocycles. The lowest BCUT2D eigenvalue weighted by atomic mass is 10.1. The highest BCUT2D eigenvalue weighted by Gasteiger charge is 2.10. The fraction of sp³-hybridized carbons (Fsp3) is 0. The number of hydrogen-bond acceptors (Lipinski definition) is 3. The van der Waals surface area contributed by atoms with Crippen molar-refractivity contribution in [1.82, 2.24) is 0 Å². The summed E-state index contributed by atoms with van der Waals surface area (Å²) in [7, 11) is 0. The number of amides is 2. The van der Waals surface area contributed by atoms with Gasteiger partial charge in [-0.15, -0.1) is 0 Å². The summed E-state index contributed by atoms with van der Waals surface area (Å²) in [5, 5.41) is 5.71. The van der Waals surface area contributed by atoms with E-state index in [1.165, 1.54) is 12.1 Å². The van der Waals surface area contributed by atoms with Crippen molar-refractivity contribution in [2.75, 3.05) is 5.73 Å². The molecule has 0 aliphatic rings. The molecule has 9 nitrogen and oxygen atoms in total. The van der Waals surface area contributed by atoms with Crippen LogP contribution in [0.25, 0.3) is 20.9 Å². The highest BCUT2D eigenvalue weighted by molar-refractivity contribution is 6.01. The van der Waals surface area contributed by atoms with E-state index in [0.29, 0.717) is 0 Å². The van der Waals surface area contributed by atoms with Gasteiger partial charge in [0.25, 0.3) is 0 Å². The number of azide groups is 2. The summed E-state index contributed by atoms with van der Waals surface area (Å²) in [5.74, 6) is -1.76. The third-order valence-corrected chi connectivity index (χ3v) is 1.72. The fourth-order valence-electron chi connectivity index (χ4n) is 1.10. The number of nitrogens with two attached hydrogens (primary N) is 1. The zero-order valence-corrected chi connectivity index (χ0v) is 8.31. The molecule has 0 atom stereocenters. The topological polar surface area (TPSA) is 158 Å². The number of carbonyl (C=O) groups is 2. The summed E-state index contributed by atoms with van der Waals surface area (Å²) >= 11 is 0. The number of carbonyl (C=O) groups excluding carboxylic acids is 2. The van der Waals surface area contributed by atoms with Crippen LogP contribution >= 0.6 is 0 Å². The zero-order chi connectivity index (χ0) is 12.8. The van der Waals surface area contributed by atoms with Gasteiger partial charge in [0.2, 0.25) is 11.8 Å². The first-order valence-electron chi connectivity index (χ1n) is 4.18. The highest BCUT2D eigenvalue weighted by Crippen LogP contribution is 2.14. The first-order chi connectivity index (χ1) is 8.08. The molecular formula is C8H5N7O2. The van der Waals surface area contributed by atoms with Crippen LogP contribution in [-0.4, -0.2) is 11.8 Å². The van der Waals surface area contributed by atoms with Gasteiger partial charge in [0, 0.05) is 26.6 Å². The molecule has 84 valence electrons. The van der Waals surface area contributed by atoms with Crippen molar-refractivity contribution >= 4 is 17.5 Å². The molecule has 17 heavy (non-hydrogen) atoms. The molecule has 1 rings (SSSR count). The maximum Gasteiger partial charge on any atom is 0.249 e. The summed E-state index contributed by atoms with van der Waals surface area (Å²) in [6, 6.07) is 3.61. The number of benzene rings is 1. The van der Waals surface area contributed by atoms with Crippen molar-refractivity contribution in [1.29, 1.82) is 0 Å². The summed E-state index contributed by atoms with van der Waals surface area (Å²) in [6.45, 7) is 0. The standard InChI is InChI=1S/C8H5N7O2/c9-6-2-4(7(16)12-14-10)1-5(3-6)8(17)13-15-11/h1-3H,9H2. The van der Waals surface area contributed by atoms with E-state index < -0.39 is 11.8 Å². The predicted octanol–water partition coefficient (Wildman–Crippen LogP) is 2.17. The first kappa shape index (κ1) is 12.1. The Morgan fingerprint density at radius 2 is 1.41 bits per heavy atom. The maximum absolute atomic E-state index is 11.2. The quantitative estimate of drug-likeness (QED) is 0.358. The molecule has 1 aromatic rings. The third-order valence-electron chi connectivity index (χ3n) is 1.72. The minimum atomic E-state index is -0.880. The lowest BCUT2D eigenvalue weighted by Crippen LogP contribution is -2.01. The summed E-state index contributed by atoms with van der Waals surface area (Å²) in [4.78, 5) is 27.1. The molecule has 0 aliphatic heterocycles. The van der Waals surface area contributed by atoms with E-state index in [0.717, 1.165) is 6.07 Å². The van der Waals surface area contributed by atoms with Gasteiger partial charge in [-0.05, 0) is 39.5 Å². The third kappa shape index (κ3) is 2.96. The number of rotatable bonds is 2. The van der Waals surface area contributed by atoms with Crippen LogP contribution in [0.5, 0.6) is 0 Å². The van der Waals surface area contributed by atoms with Gasteiger partial charge in [-0.1, -0.05) is 0 Å². The van der Waals surface area contributed by atoms with Crippen molar-refractivity contribution in [3.63, 3.8) is 0 Å². The van der Waals surface area contributed by atoms with Crippen molar-refractivity contribution in [3.8, 4) is 0 Å². The molecule has 0 saturated heterocycles. The smallest absolute Gasteiger partial charge is 0.249 e. The largest absolute Gasteiger partial charge is 0.399 e. The number of anilines is 1. The molecule has 1 aromatic carbocycles. The molecule has 0 fully saturated rings. The van der Waals surface area contributed by atoms with E-state index in [2.05, 4.69) is 20.1 Å². The molecular weight excluding hydrogens is 226 g/mol. The SMILES string of the molecule is [N-]=[N+]=NC(=O)c1cc(N)cc(C(=O)N=[N+]=[N-])c1. The van der Waals surface area contributed by atoms with E-state index in [1.54, 1.807) is 0 Å². The average Bonchev–Trinajstić information content (AvgIpc) is 2.29. The molecule has 2 N–H and O–H groups in total. The molecule has 0 unspecified atom stereocenters. The lowest BCUT2D eigenvalue weighted by Gasteiger charge is -2.01. The van der Waals surface area contributed by atoms with Gasteiger partial charge in [-0.2, -0.15) is 0 Å². The van der Waals surface area contributed by atoms with Gasteiger partial charge in [-0.3, -0.25) is 9.59 Å². The minimum absolute atomic E-state index is 0.0562. The minimum Gasteiger partial charge on any atom is -0.399 e. The Hall–Kier alpha value is -3.02. The molecule has 0 spiro atoms. The second-order valence-electron chi connectivity index (χ2n) is 2.83. The van der Waals surface area contributed by atoms with Crippen LogP contribution in [0.1, 0.15) is 20.7 Å². The number of nitrogens with zero attached hydrogens (tertiary/aromatic N) is 6. The summed E-state index contributed by atoms with van der Waals surface area (Å²) in [6.07, 6.45) is 0. The normalized spacial score (nSPS) is 8.71. The number of hydrogen-bond donors (Lipinski definition) is 1. The van der Waals surface area contributed by atoms with Gasteiger partial charge in [0.15, 0.2) is 0 Å². The van der Waals surface area contributed by atoms with Gasteiger partial charge < -0.3 is 5.73 Å². The Labute approximate surface area is 94.1 Å². The molecule has 0 heterocycles. The predicted molar refractivity (Wildman–Crippen MR) is 57.8 cm³/mol. The Morgan fingerprint density at radius 1 is 1.00 bits per heavy atom. The van der Waals surface area contributed by atoms with Crippen molar-refractivity contribution < 1.29 is 9.59 Å². The van der Waals surface area contributed by atoms with Crippen LogP contribution in [0.4, 0.5) is 5.69 Å². The Bertz CT molecular complexity index is 533. The van der Waals surface area contributed by atoms with Gasteiger partial charge in [0.05, 0.1) is 0 Å². The Kier molecular flexibility index (Phi) is 3.67. The molecule has 0 bridgehead atoms. The van der Waals surface area contributed by atoms with Gasteiger partial charge in [0.1, 0.15) is 0 Å². The van der Waals surface area contributed by atoms with E-state index in [1.807, 2.05) is 0 Å². The van der Waals surface area contributed by atoms with Crippen LogP contribution in [0.15, 0.2) is 28.4 Å². The Morgan fingerprint density at radius 3 is 1.76 bits per heavy atom. The summed E-state index contributed by atoms with van der Waals surface area (Å²) < 4.78 is 0. The van der Waals surface area contributed by atoms with Crippen LogP contribution in [0, 0.1) is 0 Å². The van der Waals surface area contributed by atoms with E-state index in [4.69, 9.17) is 16.8 Å². The van der Waals surface area contributed by atoms with Crippen LogP contribution < -0.4 is 5.73 Å². The van der Waals surface area contributed by atoms with E-state index >= 15 is 0 Å². The highest BCUT2D eigenvalue weighted by atomic mass is 16.2. The second-order valence-corrected chi connectivity index (χ2v) is 2.83. The lowest BCUT2D eigenvalue weighted by molar-refractivity contribution is 0.0999. The molecule has 0 saturated carbocycles. The number of nitrogen functional groups attached to an aromatic ring is 1. The fourth-order valence-corrected chi connectivity index (χ4v) is 1.10. The maximum atomic E-state index is 11.2. The van der Waals surface area contributed by atoms with Gasteiger partial charge in [-0.25, -0.2) is 0 Å². The molecule has 9 heteroatoms. The zero-order valence-electron chi connectivity index (χ0n) is 8.31.